The minimum atomic E-state index is -0.387. The molecule has 0 atom stereocenters. The lowest BCUT2D eigenvalue weighted by Crippen LogP contribution is -2.34. The molecule has 0 saturated carbocycles. The summed E-state index contributed by atoms with van der Waals surface area (Å²) in [5.41, 5.74) is 1.28. The zero-order valence-electron chi connectivity index (χ0n) is 12.4. The first-order valence-electron chi connectivity index (χ1n) is 6.48. The molecule has 0 aromatic heterocycles. The number of hydrogen-bond acceptors (Lipinski definition) is 5. The maximum atomic E-state index is 12.1. The first kappa shape index (κ1) is 17.9. The van der Waals surface area contributed by atoms with Gasteiger partial charge >= 0.3 is 0 Å². The normalized spacial score (nSPS) is 10.8. The van der Waals surface area contributed by atoms with E-state index in [-0.39, 0.29) is 25.3 Å². The van der Waals surface area contributed by atoms with Gasteiger partial charge in [-0.25, -0.2) is 0 Å². The molecule has 6 nitrogen and oxygen atoms in total. The lowest BCUT2D eigenvalue weighted by molar-refractivity contribution is -0.0944. The highest BCUT2D eigenvalue weighted by Gasteiger charge is 2.17. The zero-order valence-corrected chi connectivity index (χ0v) is 14.0. The third-order valence-corrected chi connectivity index (χ3v) is 3.45. The molecule has 0 unspecified atom stereocenters. The number of benzene rings is 1. The summed E-state index contributed by atoms with van der Waals surface area (Å²) in [4.78, 5) is 14.0. The van der Waals surface area contributed by atoms with Crippen LogP contribution in [0.15, 0.2) is 22.7 Å². The molecule has 0 aliphatic heterocycles. The topological polar surface area (TPSA) is 71.0 Å². The van der Waals surface area contributed by atoms with Crippen molar-refractivity contribution in [3.63, 3.8) is 0 Å². The van der Waals surface area contributed by atoms with Gasteiger partial charge in [-0.15, -0.1) is 0 Å². The number of aliphatic hydroxyl groups excluding tert-OH is 1. The predicted molar refractivity (Wildman–Crippen MR) is 84.6 cm³/mol. The summed E-state index contributed by atoms with van der Waals surface area (Å²) in [5.74, 6) is -0.232. The Balaban J connectivity index is 2.97. The van der Waals surface area contributed by atoms with Crippen LogP contribution in [0.4, 0.5) is 5.69 Å². The molecule has 0 bridgehead atoms. The molecule has 0 aliphatic carbocycles. The lowest BCUT2D eigenvalue weighted by Gasteiger charge is -2.26. The number of halogens is 1. The van der Waals surface area contributed by atoms with Crippen LogP contribution >= 0.6 is 15.9 Å². The van der Waals surface area contributed by atoms with Gasteiger partial charge in [0, 0.05) is 32.3 Å². The molecule has 1 amide bonds. The summed E-state index contributed by atoms with van der Waals surface area (Å²) in [7, 11) is 4.99. The third kappa shape index (κ3) is 5.28. The van der Waals surface area contributed by atoms with E-state index in [4.69, 9.17) is 14.6 Å². The largest absolute Gasteiger partial charge is 0.395 e. The van der Waals surface area contributed by atoms with Crippen LogP contribution in [0.3, 0.4) is 0 Å². The quantitative estimate of drug-likeness (QED) is 0.682. The van der Waals surface area contributed by atoms with Gasteiger partial charge in [-0.3, -0.25) is 4.79 Å². The number of ether oxygens (including phenoxy) is 2. The second-order valence-electron chi connectivity index (χ2n) is 4.42. The number of carbonyl (C=O) groups is 1. The van der Waals surface area contributed by atoms with Gasteiger partial charge in [0.2, 0.25) is 0 Å². The minimum absolute atomic E-state index is 0.0944. The van der Waals surface area contributed by atoms with E-state index in [2.05, 4.69) is 21.2 Å². The molecule has 0 radical (unpaired) electrons. The molecule has 0 fully saturated rings. The monoisotopic (exact) mass is 360 g/mol. The van der Waals surface area contributed by atoms with Crippen molar-refractivity contribution in [1.29, 1.82) is 0 Å². The fraction of sp³-hybridized carbons (Fsp3) is 0.500. The number of amides is 1. The average molecular weight is 361 g/mol. The van der Waals surface area contributed by atoms with Crippen molar-refractivity contribution in [3.8, 4) is 0 Å². The molecule has 0 spiro atoms. The van der Waals surface area contributed by atoms with Crippen molar-refractivity contribution in [3.05, 3.63) is 28.2 Å². The van der Waals surface area contributed by atoms with Crippen LogP contribution in [-0.2, 0) is 9.47 Å². The summed E-state index contributed by atoms with van der Waals surface area (Å²) >= 11 is 3.41. The lowest BCUT2D eigenvalue weighted by atomic mass is 10.1. The fourth-order valence-electron chi connectivity index (χ4n) is 1.84. The summed E-state index contributed by atoms with van der Waals surface area (Å²) < 4.78 is 11.2. The second-order valence-corrected chi connectivity index (χ2v) is 5.34. The molecule has 7 heteroatoms. The minimum Gasteiger partial charge on any atom is -0.395 e. The summed E-state index contributed by atoms with van der Waals surface area (Å²) in [5, 5.41) is 11.5. The van der Waals surface area contributed by atoms with E-state index in [1.807, 2.05) is 18.0 Å². The number of carbonyl (C=O) groups excluding carboxylic acids is 1. The predicted octanol–water partition coefficient (Wildman–Crippen LogP) is 1.23. The van der Waals surface area contributed by atoms with E-state index in [9.17, 15) is 4.79 Å². The van der Waals surface area contributed by atoms with Crippen LogP contribution in [-0.4, -0.2) is 58.3 Å². The highest BCUT2D eigenvalue weighted by atomic mass is 79.9. The molecule has 1 rings (SSSR count). The Hall–Kier alpha value is -1.15. The maximum absolute atomic E-state index is 12.1. The Morgan fingerprint density at radius 2 is 2.10 bits per heavy atom. The molecule has 1 aromatic rings. The van der Waals surface area contributed by atoms with E-state index in [1.165, 1.54) is 0 Å². The van der Waals surface area contributed by atoms with Crippen LogP contribution in [0.2, 0.25) is 0 Å². The Morgan fingerprint density at radius 3 is 2.67 bits per heavy atom. The van der Waals surface area contributed by atoms with Crippen molar-refractivity contribution in [2.24, 2.45) is 0 Å². The van der Waals surface area contributed by atoms with Crippen molar-refractivity contribution in [2.45, 2.75) is 6.29 Å². The number of anilines is 1. The maximum Gasteiger partial charge on any atom is 0.253 e. The third-order valence-electron chi connectivity index (χ3n) is 2.96. The molecular weight excluding hydrogens is 340 g/mol. The van der Waals surface area contributed by atoms with Gasteiger partial charge in [-0.2, -0.15) is 0 Å². The van der Waals surface area contributed by atoms with Gasteiger partial charge in [-0.05, 0) is 18.2 Å². The van der Waals surface area contributed by atoms with Gasteiger partial charge < -0.3 is 24.8 Å². The number of nitrogens with one attached hydrogen (secondary N) is 1. The van der Waals surface area contributed by atoms with Crippen LogP contribution in [0.5, 0.6) is 0 Å². The standard InChI is InChI=1S/C14H21BrN2O4/c1-17(9-13(20-2)21-3)12-8-10(15)4-5-11(12)14(19)16-6-7-18/h4-5,8,13,18H,6-7,9H2,1-3H3,(H,16,19). The van der Waals surface area contributed by atoms with Gasteiger partial charge in [0.05, 0.1) is 24.4 Å². The SMILES string of the molecule is COC(CN(C)c1cc(Br)ccc1C(=O)NCCO)OC. The Labute approximate surface area is 133 Å². The fourth-order valence-corrected chi connectivity index (χ4v) is 2.19. The Bertz CT molecular complexity index is 466. The van der Waals surface area contributed by atoms with Crippen LogP contribution in [0.25, 0.3) is 0 Å². The highest BCUT2D eigenvalue weighted by Crippen LogP contribution is 2.25. The van der Waals surface area contributed by atoms with E-state index in [0.717, 1.165) is 10.2 Å². The number of methoxy groups -OCH3 is 2. The molecule has 0 saturated heterocycles. The smallest absolute Gasteiger partial charge is 0.253 e. The van der Waals surface area contributed by atoms with Gasteiger partial charge in [0.1, 0.15) is 0 Å². The molecule has 2 N–H and O–H groups in total. The first-order chi connectivity index (χ1) is 10.0. The Morgan fingerprint density at radius 1 is 1.43 bits per heavy atom. The summed E-state index contributed by atoms with van der Waals surface area (Å²) in [6, 6.07) is 5.39. The summed E-state index contributed by atoms with van der Waals surface area (Å²) in [6.07, 6.45) is -0.387. The van der Waals surface area contributed by atoms with Gasteiger partial charge in [0.25, 0.3) is 5.91 Å². The van der Waals surface area contributed by atoms with E-state index < -0.39 is 0 Å². The first-order valence-corrected chi connectivity index (χ1v) is 7.28. The van der Waals surface area contributed by atoms with Crippen molar-refractivity contribution < 1.29 is 19.4 Å². The van der Waals surface area contributed by atoms with Crippen LogP contribution in [0, 0.1) is 0 Å². The van der Waals surface area contributed by atoms with Gasteiger partial charge in [0.15, 0.2) is 6.29 Å². The van der Waals surface area contributed by atoms with Gasteiger partial charge in [-0.1, -0.05) is 15.9 Å². The van der Waals surface area contributed by atoms with E-state index >= 15 is 0 Å². The number of rotatable bonds is 8. The van der Waals surface area contributed by atoms with Crippen LogP contribution in [0.1, 0.15) is 10.4 Å². The van der Waals surface area contributed by atoms with Crippen molar-refractivity contribution in [1.82, 2.24) is 5.32 Å². The van der Waals surface area contributed by atoms with E-state index in [0.29, 0.717) is 12.1 Å². The van der Waals surface area contributed by atoms with Crippen molar-refractivity contribution >= 4 is 27.5 Å². The van der Waals surface area contributed by atoms with Crippen LogP contribution < -0.4 is 10.2 Å². The average Bonchev–Trinajstić information content (AvgIpc) is 2.49. The zero-order chi connectivity index (χ0) is 15.8. The number of likely N-dealkylation sites (N-methyl/N-ethyl adjacent to an activating group) is 1. The molecule has 118 valence electrons. The van der Waals surface area contributed by atoms with Crippen molar-refractivity contribution in [2.75, 3.05) is 45.9 Å². The number of hydrogen-bond donors (Lipinski definition) is 2. The molecule has 0 heterocycles. The highest BCUT2D eigenvalue weighted by molar-refractivity contribution is 9.10. The summed E-state index contributed by atoms with van der Waals surface area (Å²) in [6.45, 7) is 0.601. The molecule has 21 heavy (non-hydrogen) atoms. The molecule has 0 aliphatic rings. The number of nitrogens with zero attached hydrogens (tertiary/aromatic N) is 1. The van der Waals surface area contributed by atoms with E-state index in [1.54, 1.807) is 26.4 Å². The molecular formula is C14H21BrN2O4. The second kappa shape index (κ2) is 8.99. The number of aliphatic hydroxyl groups is 1. The molecule has 1 aromatic carbocycles. The Kier molecular flexibility index (Phi) is 7.66.